The molecule has 1 heterocycles. The fourth-order valence-corrected chi connectivity index (χ4v) is 2.54. The van der Waals surface area contributed by atoms with Gasteiger partial charge in [-0.25, -0.2) is 4.68 Å². The van der Waals surface area contributed by atoms with Crippen molar-refractivity contribution in [2.24, 2.45) is 0 Å². The molecule has 26 heavy (non-hydrogen) atoms. The van der Waals surface area contributed by atoms with Gasteiger partial charge in [0.25, 0.3) is 5.91 Å². The Morgan fingerprint density at radius 1 is 1.15 bits per heavy atom. The number of nitrogens with one attached hydrogen (secondary N) is 1. The lowest BCUT2D eigenvalue weighted by Crippen LogP contribution is -2.46. The van der Waals surface area contributed by atoms with E-state index in [0.29, 0.717) is 17.3 Å². The molecule has 0 atom stereocenters. The molecule has 0 spiro atoms. The molecule has 3 aromatic rings. The molecular weight excluding hydrogens is 350 g/mol. The lowest BCUT2D eigenvalue weighted by atomic mass is 10.1. The summed E-state index contributed by atoms with van der Waals surface area (Å²) in [5.41, 5.74) is 0.865. The molecule has 1 amide bonds. The van der Waals surface area contributed by atoms with E-state index in [9.17, 15) is 4.79 Å². The fourth-order valence-electron chi connectivity index (χ4n) is 2.41. The van der Waals surface area contributed by atoms with Crippen LogP contribution in [0, 0.1) is 0 Å². The second-order valence-corrected chi connectivity index (χ2v) is 6.81. The molecule has 0 fully saturated rings. The molecule has 5 nitrogen and oxygen atoms in total. The van der Waals surface area contributed by atoms with Crippen LogP contribution in [0.4, 0.5) is 0 Å². The first-order valence-electron chi connectivity index (χ1n) is 8.26. The monoisotopic (exact) mass is 369 g/mol. The quantitative estimate of drug-likeness (QED) is 0.714. The van der Waals surface area contributed by atoms with Crippen LogP contribution in [-0.4, -0.2) is 21.3 Å². The van der Waals surface area contributed by atoms with E-state index in [-0.39, 0.29) is 5.91 Å². The Bertz CT molecular complexity index is 874. The molecule has 0 aliphatic heterocycles. The van der Waals surface area contributed by atoms with Crippen LogP contribution >= 0.6 is 11.6 Å². The number of hydrogen-bond acceptors (Lipinski definition) is 3. The van der Waals surface area contributed by atoms with Crippen molar-refractivity contribution >= 4 is 17.5 Å². The van der Waals surface area contributed by atoms with Crippen LogP contribution in [0.15, 0.2) is 67.0 Å². The first-order chi connectivity index (χ1) is 12.4. The lowest BCUT2D eigenvalue weighted by molar-refractivity contribution is -0.134. The van der Waals surface area contributed by atoms with E-state index in [0.717, 1.165) is 11.3 Å². The molecule has 3 rings (SSSR count). The van der Waals surface area contributed by atoms with E-state index in [1.165, 1.54) is 0 Å². The molecule has 0 unspecified atom stereocenters. The minimum Gasteiger partial charge on any atom is -0.478 e. The van der Waals surface area contributed by atoms with Crippen molar-refractivity contribution in [1.29, 1.82) is 0 Å². The van der Waals surface area contributed by atoms with Crippen molar-refractivity contribution in [3.63, 3.8) is 0 Å². The fraction of sp³-hybridized carbons (Fsp3) is 0.200. The van der Waals surface area contributed by atoms with Crippen LogP contribution in [0.5, 0.6) is 5.75 Å². The highest BCUT2D eigenvalue weighted by Crippen LogP contribution is 2.21. The van der Waals surface area contributed by atoms with Gasteiger partial charge < -0.3 is 10.1 Å². The average molecular weight is 370 g/mol. The predicted octanol–water partition coefficient (Wildman–Crippen LogP) is 4.00. The standard InChI is InChI=1S/C20H20ClN3O2/c1-20(2,26-18-10-8-16(21)9-11-18)19(25)22-12-15-13-23-24(14-15)17-6-4-3-5-7-17/h3-11,13-14H,12H2,1-2H3,(H,22,25). The molecule has 1 N–H and O–H groups in total. The Kier molecular flexibility index (Phi) is 5.28. The van der Waals surface area contributed by atoms with Gasteiger partial charge in [0.05, 0.1) is 11.9 Å². The number of para-hydroxylation sites is 1. The Morgan fingerprint density at radius 3 is 2.54 bits per heavy atom. The number of nitrogens with zero attached hydrogens (tertiary/aromatic N) is 2. The van der Waals surface area contributed by atoms with Gasteiger partial charge in [-0.3, -0.25) is 4.79 Å². The molecule has 0 saturated carbocycles. The van der Waals surface area contributed by atoms with Crippen molar-refractivity contribution in [3.8, 4) is 11.4 Å². The zero-order valence-electron chi connectivity index (χ0n) is 14.6. The van der Waals surface area contributed by atoms with Gasteiger partial charge in [0.2, 0.25) is 0 Å². The van der Waals surface area contributed by atoms with Gasteiger partial charge in [0.15, 0.2) is 5.60 Å². The van der Waals surface area contributed by atoms with Crippen LogP contribution in [0.1, 0.15) is 19.4 Å². The summed E-state index contributed by atoms with van der Waals surface area (Å²) in [5.74, 6) is 0.381. The van der Waals surface area contributed by atoms with Crippen molar-refractivity contribution in [2.45, 2.75) is 26.0 Å². The summed E-state index contributed by atoms with van der Waals surface area (Å²) >= 11 is 5.87. The van der Waals surface area contributed by atoms with Gasteiger partial charge >= 0.3 is 0 Å². The highest BCUT2D eigenvalue weighted by Gasteiger charge is 2.29. The molecule has 0 radical (unpaired) electrons. The van der Waals surface area contributed by atoms with Gasteiger partial charge in [-0.1, -0.05) is 29.8 Å². The van der Waals surface area contributed by atoms with Crippen LogP contribution in [-0.2, 0) is 11.3 Å². The summed E-state index contributed by atoms with van der Waals surface area (Å²) in [4.78, 5) is 12.5. The first kappa shape index (κ1) is 18.0. The van der Waals surface area contributed by atoms with E-state index in [1.807, 2.05) is 36.5 Å². The number of rotatable bonds is 6. The normalized spacial score (nSPS) is 11.2. The number of ether oxygens (including phenoxy) is 1. The van der Waals surface area contributed by atoms with E-state index in [4.69, 9.17) is 16.3 Å². The molecule has 0 aliphatic carbocycles. The maximum absolute atomic E-state index is 12.5. The number of carbonyl (C=O) groups excluding carboxylic acids is 1. The third kappa shape index (κ3) is 4.43. The minimum absolute atomic E-state index is 0.208. The van der Waals surface area contributed by atoms with E-state index >= 15 is 0 Å². The number of aromatic nitrogens is 2. The zero-order chi connectivity index (χ0) is 18.6. The smallest absolute Gasteiger partial charge is 0.263 e. The molecule has 134 valence electrons. The third-order valence-electron chi connectivity index (χ3n) is 3.84. The second-order valence-electron chi connectivity index (χ2n) is 6.38. The number of benzene rings is 2. The van der Waals surface area contributed by atoms with Crippen molar-refractivity contribution in [3.05, 3.63) is 77.6 Å². The first-order valence-corrected chi connectivity index (χ1v) is 8.64. The lowest BCUT2D eigenvalue weighted by Gasteiger charge is -2.25. The highest BCUT2D eigenvalue weighted by molar-refractivity contribution is 6.30. The molecular formula is C20H20ClN3O2. The molecule has 1 aromatic heterocycles. The van der Waals surface area contributed by atoms with Gasteiger partial charge in [-0.15, -0.1) is 0 Å². The topological polar surface area (TPSA) is 56.1 Å². The molecule has 0 bridgehead atoms. The van der Waals surface area contributed by atoms with Gasteiger partial charge in [0.1, 0.15) is 5.75 Å². The molecule has 0 saturated heterocycles. The van der Waals surface area contributed by atoms with Crippen LogP contribution in [0.2, 0.25) is 5.02 Å². The van der Waals surface area contributed by atoms with E-state index in [1.54, 1.807) is 49.0 Å². The van der Waals surface area contributed by atoms with Crippen molar-refractivity contribution in [1.82, 2.24) is 15.1 Å². The predicted molar refractivity (Wildman–Crippen MR) is 102 cm³/mol. The Morgan fingerprint density at radius 2 is 1.85 bits per heavy atom. The average Bonchev–Trinajstić information content (AvgIpc) is 3.11. The maximum atomic E-state index is 12.5. The summed E-state index contributed by atoms with van der Waals surface area (Å²) in [7, 11) is 0. The van der Waals surface area contributed by atoms with Crippen LogP contribution < -0.4 is 10.1 Å². The van der Waals surface area contributed by atoms with Gasteiger partial charge in [-0.05, 0) is 50.2 Å². The Hall–Kier alpha value is -2.79. The minimum atomic E-state index is -1.01. The number of amides is 1. The van der Waals surface area contributed by atoms with Crippen molar-refractivity contribution in [2.75, 3.05) is 0 Å². The number of carbonyl (C=O) groups is 1. The van der Waals surface area contributed by atoms with E-state index in [2.05, 4.69) is 10.4 Å². The van der Waals surface area contributed by atoms with Gasteiger partial charge in [0, 0.05) is 23.3 Å². The summed E-state index contributed by atoms with van der Waals surface area (Å²) in [6, 6.07) is 16.7. The highest BCUT2D eigenvalue weighted by atomic mass is 35.5. The molecule has 0 aliphatic rings. The third-order valence-corrected chi connectivity index (χ3v) is 4.10. The zero-order valence-corrected chi connectivity index (χ0v) is 15.4. The molecule has 2 aromatic carbocycles. The number of halogens is 1. The Balaban J connectivity index is 1.59. The summed E-state index contributed by atoms with van der Waals surface area (Å²) in [6.45, 7) is 3.83. The Labute approximate surface area is 157 Å². The van der Waals surface area contributed by atoms with Gasteiger partial charge in [-0.2, -0.15) is 5.10 Å². The van der Waals surface area contributed by atoms with Crippen LogP contribution in [0.3, 0.4) is 0 Å². The summed E-state index contributed by atoms with van der Waals surface area (Å²) < 4.78 is 7.56. The largest absolute Gasteiger partial charge is 0.478 e. The maximum Gasteiger partial charge on any atom is 0.263 e. The molecule has 6 heteroatoms. The second kappa shape index (κ2) is 7.62. The summed E-state index contributed by atoms with van der Waals surface area (Å²) in [5, 5.41) is 7.84. The van der Waals surface area contributed by atoms with Crippen molar-refractivity contribution < 1.29 is 9.53 Å². The summed E-state index contributed by atoms with van der Waals surface area (Å²) in [6.07, 6.45) is 3.63. The van der Waals surface area contributed by atoms with E-state index < -0.39 is 5.60 Å². The SMILES string of the molecule is CC(C)(Oc1ccc(Cl)cc1)C(=O)NCc1cnn(-c2ccccc2)c1. The number of hydrogen-bond donors (Lipinski definition) is 1. The van der Waals surface area contributed by atoms with Crippen LogP contribution in [0.25, 0.3) is 5.69 Å².